The average Bonchev–Trinajstić information content (AvgIpc) is 2.57. The monoisotopic (exact) mass is 319 g/mol. The Kier molecular flexibility index (Phi) is 4.39. The van der Waals surface area contributed by atoms with Crippen LogP contribution in [0.4, 0.5) is 0 Å². The lowest BCUT2D eigenvalue weighted by molar-refractivity contribution is -0.150. The van der Waals surface area contributed by atoms with Crippen molar-refractivity contribution >= 4 is 15.8 Å². The molecule has 1 aliphatic heterocycles. The molecule has 3 N–H and O–H groups in total. The number of aliphatic carboxylic acids is 1. The summed E-state index contributed by atoms with van der Waals surface area (Å²) in [5.74, 6) is -1.30. The van der Waals surface area contributed by atoms with Crippen molar-refractivity contribution in [1.82, 2.24) is 5.32 Å². The first kappa shape index (κ1) is 16.7. The standard InChI is InChI=1S/C14H25NO5S/c1-8-10(5-4-9(13(17)18)14(8,2)3)15-11-6-21(19,20)7-12(11)16/h8-12,15-16H,4-7H2,1-3H3,(H,17,18). The summed E-state index contributed by atoms with van der Waals surface area (Å²) in [5, 5.41) is 22.5. The van der Waals surface area contributed by atoms with E-state index in [4.69, 9.17) is 0 Å². The smallest absolute Gasteiger partial charge is 0.307 e. The second-order valence-corrected chi connectivity index (χ2v) is 9.26. The van der Waals surface area contributed by atoms with Gasteiger partial charge in [-0.05, 0) is 24.2 Å². The number of nitrogens with one attached hydrogen (secondary N) is 1. The molecule has 6 nitrogen and oxygen atoms in total. The van der Waals surface area contributed by atoms with Crippen LogP contribution in [0.5, 0.6) is 0 Å². The molecule has 5 unspecified atom stereocenters. The predicted octanol–water partition coefficient (Wildman–Crippen LogP) is 0.259. The van der Waals surface area contributed by atoms with Gasteiger partial charge in [0.25, 0.3) is 0 Å². The summed E-state index contributed by atoms with van der Waals surface area (Å²) < 4.78 is 23.1. The lowest BCUT2D eigenvalue weighted by Crippen LogP contribution is -2.55. The number of sulfone groups is 1. The van der Waals surface area contributed by atoms with E-state index in [1.54, 1.807) is 0 Å². The maximum Gasteiger partial charge on any atom is 0.307 e. The van der Waals surface area contributed by atoms with Crippen LogP contribution in [-0.2, 0) is 14.6 Å². The van der Waals surface area contributed by atoms with Crippen LogP contribution in [0, 0.1) is 17.3 Å². The zero-order valence-electron chi connectivity index (χ0n) is 12.7. The Hall–Kier alpha value is -0.660. The van der Waals surface area contributed by atoms with Gasteiger partial charge in [0.05, 0.1) is 23.5 Å². The number of carbonyl (C=O) groups is 1. The molecule has 0 amide bonds. The molecule has 1 heterocycles. The third-order valence-corrected chi connectivity index (χ3v) is 7.21. The molecule has 2 fully saturated rings. The molecule has 2 aliphatic rings. The molecule has 0 bridgehead atoms. The third kappa shape index (κ3) is 3.24. The van der Waals surface area contributed by atoms with Crippen LogP contribution >= 0.6 is 0 Å². The maximum absolute atomic E-state index is 11.6. The minimum absolute atomic E-state index is 0.0311. The van der Waals surface area contributed by atoms with Crippen LogP contribution < -0.4 is 5.32 Å². The van der Waals surface area contributed by atoms with Crippen molar-refractivity contribution in [3.63, 3.8) is 0 Å². The molecule has 0 aromatic rings. The maximum atomic E-state index is 11.6. The number of aliphatic hydroxyl groups is 1. The average molecular weight is 319 g/mol. The van der Waals surface area contributed by atoms with Gasteiger partial charge in [0.1, 0.15) is 0 Å². The number of aliphatic hydroxyl groups excluding tert-OH is 1. The third-order valence-electron chi connectivity index (χ3n) is 5.49. The fraction of sp³-hybridized carbons (Fsp3) is 0.929. The molecule has 1 aliphatic carbocycles. The minimum atomic E-state index is -3.17. The van der Waals surface area contributed by atoms with Crippen LogP contribution in [0.3, 0.4) is 0 Å². The molecule has 0 radical (unpaired) electrons. The van der Waals surface area contributed by atoms with E-state index in [0.717, 1.165) is 0 Å². The Balaban J connectivity index is 2.08. The quantitative estimate of drug-likeness (QED) is 0.689. The Labute approximate surface area is 125 Å². The Morgan fingerprint density at radius 2 is 1.81 bits per heavy atom. The highest BCUT2D eigenvalue weighted by Gasteiger charge is 2.47. The summed E-state index contributed by atoms with van der Waals surface area (Å²) in [6, 6.07) is -0.414. The van der Waals surface area contributed by atoms with Gasteiger partial charge < -0.3 is 15.5 Å². The Morgan fingerprint density at radius 3 is 2.29 bits per heavy atom. The highest BCUT2D eigenvalue weighted by molar-refractivity contribution is 7.91. The van der Waals surface area contributed by atoms with E-state index in [-0.39, 0.29) is 34.8 Å². The summed E-state index contributed by atoms with van der Waals surface area (Å²) in [7, 11) is -3.17. The van der Waals surface area contributed by atoms with Crippen molar-refractivity contribution in [3.8, 4) is 0 Å². The van der Waals surface area contributed by atoms with Gasteiger partial charge in [0, 0.05) is 12.1 Å². The molecule has 0 spiro atoms. The molecule has 0 aromatic carbocycles. The normalized spacial score (nSPS) is 41.8. The fourth-order valence-corrected chi connectivity index (χ4v) is 5.49. The molecule has 1 saturated heterocycles. The summed E-state index contributed by atoms with van der Waals surface area (Å²) in [6.07, 6.45) is 0.382. The summed E-state index contributed by atoms with van der Waals surface area (Å²) in [6.45, 7) is 5.90. The molecule has 0 aromatic heterocycles. The van der Waals surface area contributed by atoms with E-state index in [2.05, 4.69) is 5.32 Å². The molecule has 1 saturated carbocycles. The summed E-state index contributed by atoms with van der Waals surface area (Å²) >= 11 is 0. The van der Waals surface area contributed by atoms with Gasteiger partial charge in [0.2, 0.25) is 0 Å². The Morgan fingerprint density at radius 1 is 1.19 bits per heavy atom. The first-order valence-corrected chi connectivity index (χ1v) is 9.24. The van der Waals surface area contributed by atoms with E-state index in [1.165, 1.54) is 0 Å². The number of carboxylic acid groups (broad SMARTS) is 1. The number of hydrogen-bond acceptors (Lipinski definition) is 5. The van der Waals surface area contributed by atoms with Crippen molar-refractivity contribution < 1.29 is 23.4 Å². The summed E-state index contributed by atoms with van der Waals surface area (Å²) in [5.41, 5.74) is -0.371. The zero-order chi connectivity index (χ0) is 16.0. The first-order valence-electron chi connectivity index (χ1n) is 7.42. The summed E-state index contributed by atoms with van der Waals surface area (Å²) in [4.78, 5) is 11.4. The topological polar surface area (TPSA) is 104 Å². The molecular formula is C14H25NO5S. The van der Waals surface area contributed by atoms with Crippen LogP contribution in [-0.4, -0.2) is 54.3 Å². The second kappa shape index (κ2) is 5.52. The van der Waals surface area contributed by atoms with Gasteiger partial charge in [0.15, 0.2) is 9.84 Å². The van der Waals surface area contributed by atoms with Crippen LogP contribution in [0.2, 0.25) is 0 Å². The van der Waals surface area contributed by atoms with E-state index in [1.807, 2.05) is 20.8 Å². The van der Waals surface area contributed by atoms with Crippen LogP contribution in [0.25, 0.3) is 0 Å². The highest BCUT2D eigenvalue weighted by atomic mass is 32.2. The van der Waals surface area contributed by atoms with Gasteiger partial charge in [-0.15, -0.1) is 0 Å². The molecular weight excluding hydrogens is 294 g/mol. The fourth-order valence-electron chi connectivity index (χ4n) is 3.74. The molecule has 21 heavy (non-hydrogen) atoms. The number of hydrogen-bond donors (Lipinski definition) is 3. The van der Waals surface area contributed by atoms with Crippen LogP contribution in [0.1, 0.15) is 33.6 Å². The molecule has 7 heteroatoms. The molecule has 2 rings (SSSR count). The van der Waals surface area contributed by atoms with Crippen LogP contribution in [0.15, 0.2) is 0 Å². The largest absolute Gasteiger partial charge is 0.481 e. The van der Waals surface area contributed by atoms with Crippen molar-refractivity contribution in [1.29, 1.82) is 0 Å². The Bertz CT molecular complexity index is 515. The zero-order valence-corrected chi connectivity index (χ0v) is 13.6. The van der Waals surface area contributed by atoms with E-state index < -0.39 is 28.0 Å². The van der Waals surface area contributed by atoms with Crippen molar-refractivity contribution in [2.45, 2.75) is 51.8 Å². The van der Waals surface area contributed by atoms with Gasteiger partial charge in [-0.1, -0.05) is 20.8 Å². The number of rotatable bonds is 3. The second-order valence-electron chi connectivity index (χ2n) is 7.10. The highest BCUT2D eigenvalue weighted by Crippen LogP contribution is 2.45. The van der Waals surface area contributed by atoms with Gasteiger partial charge in [-0.3, -0.25) is 4.79 Å². The molecule has 5 atom stereocenters. The molecule has 122 valence electrons. The van der Waals surface area contributed by atoms with Gasteiger partial charge >= 0.3 is 5.97 Å². The van der Waals surface area contributed by atoms with Gasteiger partial charge in [-0.25, -0.2) is 8.42 Å². The minimum Gasteiger partial charge on any atom is -0.481 e. The first-order chi connectivity index (χ1) is 9.54. The number of carboxylic acids is 1. The lowest BCUT2D eigenvalue weighted by Gasteiger charge is -2.47. The lowest BCUT2D eigenvalue weighted by atomic mass is 9.61. The predicted molar refractivity (Wildman–Crippen MR) is 78.7 cm³/mol. The van der Waals surface area contributed by atoms with Gasteiger partial charge in [-0.2, -0.15) is 0 Å². The van der Waals surface area contributed by atoms with E-state index >= 15 is 0 Å². The van der Waals surface area contributed by atoms with Crippen molar-refractivity contribution in [3.05, 3.63) is 0 Å². The van der Waals surface area contributed by atoms with Crippen molar-refractivity contribution in [2.75, 3.05) is 11.5 Å². The van der Waals surface area contributed by atoms with E-state index in [0.29, 0.717) is 12.8 Å². The van der Waals surface area contributed by atoms with E-state index in [9.17, 15) is 23.4 Å². The van der Waals surface area contributed by atoms with Crippen molar-refractivity contribution in [2.24, 2.45) is 17.3 Å². The SMILES string of the molecule is CC1C(NC2CS(=O)(=O)CC2O)CCC(C(=O)O)C1(C)C.